The van der Waals surface area contributed by atoms with Crippen LogP contribution in [0.4, 0.5) is 0 Å². The molecule has 4 heteroatoms. The molecule has 0 amide bonds. The Labute approximate surface area is 76.2 Å². The standard InChI is InChI=1S/C9H12N2O2/c1-6(12)4-8-5-10-7(2)11(3)9(8)13/h5H,4H2,1-3H3. The molecular formula is C9H12N2O2. The Morgan fingerprint density at radius 1 is 1.62 bits per heavy atom. The van der Waals surface area contributed by atoms with Crippen LogP contribution in [0.25, 0.3) is 0 Å². The largest absolute Gasteiger partial charge is 0.300 e. The minimum absolute atomic E-state index is 0.0252. The quantitative estimate of drug-likeness (QED) is 0.654. The highest BCUT2D eigenvalue weighted by molar-refractivity contribution is 5.77. The van der Waals surface area contributed by atoms with Gasteiger partial charge in [-0.25, -0.2) is 4.98 Å². The summed E-state index contributed by atoms with van der Waals surface area (Å²) in [6, 6.07) is 0. The van der Waals surface area contributed by atoms with Gasteiger partial charge in [0.05, 0.1) is 0 Å². The summed E-state index contributed by atoms with van der Waals surface area (Å²) in [6.45, 7) is 3.21. The van der Waals surface area contributed by atoms with Crippen LogP contribution in [0, 0.1) is 6.92 Å². The number of ketones is 1. The average Bonchev–Trinajstić information content (AvgIpc) is 2.06. The molecule has 70 valence electrons. The van der Waals surface area contributed by atoms with Crippen molar-refractivity contribution in [2.45, 2.75) is 20.3 Å². The number of nitrogens with zero attached hydrogens (tertiary/aromatic N) is 2. The zero-order chi connectivity index (χ0) is 10.0. The van der Waals surface area contributed by atoms with Crippen LogP contribution in [0.5, 0.6) is 0 Å². The number of aromatic nitrogens is 2. The number of rotatable bonds is 2. The zero-order valence-electron chi connectivity index (χ0n) is 8.00. The van der Waals surface area contributed by atoms with Gasteiger partial charge in [-0.2, -0.15) is 0 Å². The van der Waals surface area contributed by atoms with Crippen LogP contribution in [0.2, 0.25) is 0 Å². The number of hydrogen-bond donors (Lipinski definition) is 0. The molecule has 0 radical (unpaired) electrons. The first-order valence-corrected chi connectivity index (χ1v) is 4.03. The van der Waals surface area contributed by atoms with Crippen molar-refractivity contribution in [3.8, 4) is 0 Å². The van der Waals surface area contributed by atoms with E-state index in [1.807, 2.05) is 0 Å². The summed E-state index contributed by atoms with van der Waals surface area (Å²) in [4.78, 5) is 26.3. The van der Waals surface area contributed by atoms with E-state index in [1.165, 1.54) is 17.7 Å². The molecule has 0 atom stereocenters. The van der Waals surface area contributed by atoms with Crippen LogP contribution in [0.15, 0.2) is 11.0 Å². The van der Waals surface area contributed by atoms with Gasteiger partial charge in [0.25, 0.3) is 5.56 Å². The lowest BCUT2D eigenvalue weighted by atomic mass is 10.2. The molecule has 0 aliphatic rings. The third-order valence-corrected chi connectivity index (χ3v) is 1.91. The molecule has 0 fully saturated rings. The second-order valence-electron chi connectivity index (χ2n) is 3.07. The lowest BCUT2D eigenvalue weighted by molar-refractivity contribution is -0.116. The van der Waals surface area contributed by atoms with Gasteiger partial charge in [0, 0.05) is 25.2 Å². The molecule has 0 unspecified atom stereocenters. The molecule has 0 bridgehead atoms. The minimum atomic E-state index is -0.136. The fourth-order valence-corrected chi connectivity index (χ4v) is 1.06. The van der Waals surface area contributed by atoms with Crippen molar-refractivity contribution in [3.05, 3.63) is 27.9 Å². The molecule has 0 saturated carbocycles. The van der Waals surface area contributed by atoms with E-state index in [0.717, 1.165) is 0 Å². The van der Waals surface area contributed by atoms with Crippen molar-refractivity contribution >= 4 is 5.78 Å². The molecule has 0 aliphatic carbocycles. The van der Waals surface area contributed by atoms with Gasteiger partial charge in [0.1, 0.15) is 11.6 Å². The number of aryl methyl sites for hydroxylation is 1. The van der Waals surface area contributed by atoms with Gasteiger partial charge in [-0.3, -0.25) is 14.2 Å². The Balaban J connectivity index is 3.19. The molecule has 0 saturated heterocycles. The number of carbonyl (C=O) groups is 1. The smallest absolute Gasteiger partial charge is 0.256 e. The summed E-state index contributed by atoms with van der Waals surface area (Å²) in [7, 11) is 1.65. The fraction of sp³-hybridized carbons (Fsp3) is 0.444. The van der Waals surface area contributed by atoms with Gasteiger partial charge in [-0.1, -0.05) is 0 Å². The Hall–Kier alpha value is -1.45. The summed E-state index contributed by atoms with van der Waals surface area (Å²) < 4.78 is 1.44. The van der Waals surface area contributed by atoms with Crippen molar-refractivity contribution in [2.24, 2.45) is 7.05 Å². The summed E-state index contributed by atoms with van der Waals surface area (Å²) in [5.74, 6) is 0.625. The van der Waals surface area contributed by atoms with E-state index in [2.05, 4.69) is 4.98 Å². The normalized spacial score (nSPS) is 10.1. The van der Waals surface area contributed by atoms with Crippen molar-refractivity contribution < 1.29 is 4.79 Å². The second kappa shape index (κ2) is 3.51. The first kappa shape index (κ1) is 9.64. The van der Waals surface area contributed by atoms with E-state index in [9.17, 15) is 9.59 Å². The van der Waals surface area contributed by atoms with Crippen LogP contribution in [0.3, 0.4) is 0 Å². The van der Waals surface area contributed by atoms with Gasteiger partial charge < -0.3 is 0 Å². The molecule has 1 heterocycles. The molecular weight excluding hydrogens is 168 g/mol. The summed E-state index contributed by atoms with van der Waals surface area (Å²) in [5.41, 5.74) is 0.323. The predicted molar refractivity (Wildman–Crippen MR) is 48.6 cm³/mol. The van der Waals surface area contributed by atoms with E-state index in [0.29, 0.717) is 11.4 Å². The van der Waals surface area contributed by atoms with Crippen LogP contribution in [-0.2, 0) is 18.3 Å². The van der Waals surface area contributed by atoms with Gasteiger partial charge >= 0.3 is 0 Å². The van der Waals surface area contributed by atoms with Crippen molar-refractivity contribution in [3.63, 3.8) is 0 Å². The van der Waals surface area contributed by atoms with Crippen LogP contribution in [-0.4, -0.2) is 15.3 Å². The van der Waals surface area contributed by atoms with Gasteiger partial charge in [0.2, 0.25) is 0 Å². The fourth-order valence-electron chi connectivity index (χ4n) is 1.06. The molecule has 0 N–H and O–H groups in total. The minimum Gasteiger partial charge on any atom is -0.300 e. The van der Waals surface area contributed by atoms with Crippen molar-refractivity contribution in [2.75, 3.05) is 0 Å². The maximum Gasteiger partial charge on any atom is 0.256 e. The molecule has 1 rings (SSSR count). The van der Waals surface area contributed by atoms with E-state index < -0.39 is 0 Å². The lowest BCUT2D eigenvalue weighted by Crippen LogP contribution is -2.25. The monoisotopic (exact) mass is 180 g/mol. The Morgan fingerprint density at radius 3 is 2.77 bits per heavy atom. The van der Waals surface area contributed by atoms with Crippen LogP contribution >= 0.6 is 0 Å². The zero-order valence-corrected chi connectivity index (χ0v) is 8.00. The third kappa shape index (κ3) is 2.02. The van der Waals surface area contributed by atoms with Crippen LogP contribution in [0.1, 0.15) is 18.3 Å². The first-order valence-electron chi connectivity index (χ1n) is 4.03. The van der Waals surface area contributed by atoms with Gasteiger partial charge in [-0.05, 0) is 13.8 Å². The SMILES string of the molecule is CC(=O)Cc1cnc(C)n(C)c1=O. The van der Waals surface area contributed by atoms with E-state index in [-0.39, 0.29) is 17.8 Å². The number of hydrogen-bond acceptors (Lipinski definition) is 3. The number of Topliss-reactive ketones (excluding diaryl/α,β-unsaturated/α-hetero) is 1. The third-order valence-electron chi connectivity index (χ3n) is 1.91. The Kier molecular flexibility index (Phi) is 2.60. The van der Waals surface area contributed by atoms with E-state index >= 15 is 0 Å². The number of carbonyl (C=O) groups excluding carboxylic acids is 1. The average molecular weight is 180 g/mol. The Morgan fingerprint density at radius 2 is 2.23 bits per heavy atom. The maximum atomic E-state index is 11.5. The molecule has 0 aromatic carbocycles. The predicted octanol–water partition coefficient (Wildman–Crippen LogP) is 0.220. The maximum absolute atomic E-state index is 11.5. The summed E-state index contributed by atoms with van der Waals surface area (Å²) in [6.07, 6.45) is 1.64. The van der Waals surface area contributed by atoms with Crippen molar-refractivity contribution in [1.29, 1.82) is 0 Å². The van der Waals surface area contributed by atoms with Crippen molar-refractivity contribution in [1.82, 2.24) is 9.55 Å². The Bertz CT molecular complexity index is 393. The molecule has 4 nitrogen and oxygen atoms in total. The molecule has 13 heavy (non-hydrogen) atoms. The first-order chi connectivity index (χ1) is 6.02. The molecule has 0 spiro atoms. The molecule has 1 aromatic rings. The topological polar surface area (TPSA) is 52.0 Å². The summed E-state index contributed by atoms with van der Waals surface area (Å²) >= 11 is 0. The van der Waals surface area contributed by atoms with E-state index in [4.69, 9.17) is 0 Å². The summed E-state index contributed by atoms with van der Waals surface area (Å²) in [5, 5.41) is 0. The van der Waals surface area contributed by atoms with Gasteiger partial charge in [-0.15, -0.1) is 0 Å². The highest BCUT2D eigenvalue weighted by atomic mass is 16.1. The van der Waals surface area contributed by atoms with E-state index in [1.54, 1.807) is 14.0 Å². The van der Waals surface area contributed by atoms with Gasteiger partial charge in [0.15, 0.2) is 0 Å². The second-order valence-corrected chi connectivity index (χ2v) is 3.07. The lowest BCUT2D eigenvalue weighted by Gasteiger charge is -2.03. The highest BCUT2D eigenvalue weighted by Crippen LogP contribution is 1.93. The highest BCUT2D eigenvalue weighted by Gasteiger charge is 2.05. The molecule has 1 aromatic heterocycles. The van der Waals surface area contributed by atoms with Crippen LogP contribution < -0.4 is 5.56 Å². The molecule has 0 aliphatic heterocycles.